The summed E-state index contributed by atoms with van der Waals surface area (Å²) in [6.45, 7) is 4.53. The predicted molar refractivity (Wildman–Crippen MR) is 145 cm³/mol. The Kier molecular flexibility index (Phi) is 10.1. The van der Waals surface area contributed by atoms with Gasteiger partial charge in [-0.1, -0.05) is 42.5 Å². The predicted octanol–water partition coefficient (Wildman–Crippen LogP) is 4.14. The van der Waals surface area contributed by atoms with Crippen molar-refractivity contribution in [3.8, 4) is 0 Å². The number of hydrogen-bond acceptors (Lipinski definition) is 9. The van der Waals surface area contributed by atoms with Crippen LogP contribution in [0.5, 0.6) is 0 Å². The van der Waals surface area contributed by atoms with Gasteiger partial charge in [0.25, 0.3) is 5.69 Å². The van der Waals surface area contributed by atoms with Gasteiger partial charge in [0.2, 0.25) is 0 Å². The number of rotatable bonds is 12. The molecule has 3 rings (SSSR count). The number of ketones is 1. The molecule has 1 atom stereocenters. The molecule has 0 amide bonds. The molecule has 0 radical (unpaired) electrons. The minimum atomic E-state index is -0.909. The molecule has 1 N–H and O–H groups in total. The van der Waals surface area contributed by atoms with Gasteiger partial charge >= 0.3 is 11.9 Å². The maximum Gasteiger partial charge on any atom is 0.336 e. The fraction of sp³-hybridized carbons (Fsp3) is 0.345. The third-order valence-electron chi connectivity index (χ3n) is 6.55. The molecule has 1 aliphatic rings. The second-order valence-electron chi connectivity index (χ2n) is 9.31. The van der Waals surface area contributed by atoms with E-state index >= 15 is 0 Å². The molecule has 2 aromatic rings. The Morgan fingerprint density at radius 3 is 2.28 bits per heavy atom. The van der Waals surface area contributed by atoms with E-state index in [2.05, 4.69) is 5.32 Å². The number of methoxy groups -OCH3 is 1. The molecule has 1 heterocycles. The van der Waals surface area contributed by atoms with E-state index in [-0.39, 0.29) is 29.2 Å². The summed E-state index contributed by atoms with van der Waals surface area (Å²) < 4.78 is 10.6. The van der Waals surface area contributed by atoms with Crippen molar-refractivity contribution in [1.29, 1.82) is 0 Å². The van der Waals surface area contributed by atoms with Crippen molar-refractivity contribution in [2.45, 2.75) is 32.6 Å². The van der Waals surface area contributed by atoms with E-state index in [1.54, 1.807) is 32.0 Å². The molecule has 10 heteroatoms. The van der Waals surface area contributed by atoms with Crippen LogP contribution in [0.4, 0.5) is 5.69 Å². The molecule has 39 heavy (non-hydrogen) atoms. The second-order valence-corrected chi connectivity index (χ2v) is 9.31. The van der Waals surface area contributed by atoms with E-state index in [9.17, 15) is 24.5 Å². The number of dihydropyridines is 1. The quantitative estimate of drug-likeness (QED) is 0.185. The average Bonchev–Trinajstić information content (AvgIpc) is 2.92. The van der Waals surface area contributed by atoms with Crippen LogP contribution in [0.1, 0.15) is 48.5 Å². The summed E-state index contributed by atoms with van der Waals surface area (Å²) >= 11 is 0. The molecule has 0 fully saturated rings. The number of carbonyl (C=O) groups is 3. The van der Waals surface area contributed by atoms with E-state index in [0.29, 0.717) is 48.5 Å². The van der Waals surface area contributed by atoms with Crippen LogP contribution in [0.3, 0.4) is 0 Å². The van der Waals surface area contributed by atoms with Crippen LogP contribution >= 0.6 is 0 Å². The Bertz CT molecular complexity index is 1300. The van der Waals surface area contributed by atoms with Gasteiger partial charge in [-0.15, -0.1) is 0 Å². The first-order chi connectivity index (χ1) is 18.6. The van der Waals surface area contributed by atoms with Crippen molar-refractivity contribution in [1.82, 2.24) is 10.2 Å². The fourth-order valence-corrected chi connectivity index (χ4v) is 4.56. The molecule has 2 aromatic carbocycles. The lowest BCUT2D eigenvalue weighted by molar-refractivity contribution is -0.384. The lowest BCUT2D eigenvalue weighted by Crippen LogP contribution is -2.33. The maximum absolute atomic E-state index is 13.3. The van der Waals surface area contributed by atoms with E-state index < -0.39 is 22.8 Å². The molecule has 0 saturated carbocycles. The van der Waals surface area contributed by atoms with Gasteiger partial charge in [-0.05, 0) is 39.4 Å². The van der Waals surface area contributed by atoms with Crippen molar-refractivity contribution in [2.75, 3.05) is 33.9 Å². The maximum atomic E-state index is 13.3. The summed E-state index contributed by atoms with van der Waals surface area (Å²) in [6.07, 6.45) is 1.08. The number of non-ortho nitro benzene ring substituents is 1. The number of carbonyl (C=O) groups excluding carboxylic acids is 3. The highest BCUT2D eigenvalue weighted by atomic mass is 16.6. The summed E-state index contributed by atoms with van der Waals surface area (Å²) in [7, 11) is 3.11. The third-order valence-corrected chi connectivity index (χ3v) is 6.55. The minimum Gasteiger partial charge on any atom is -0.466 e. The molecule has 0 spiro atoms. The van der Waals surface area contributed by atoms with Crippen LogP contribution in [-0.4, -0.2) is 61.4 Å². The van der Waals surface area contributed by atoms with Gasteiger partial charge in [0, 0.05) is 42.1 Å². The molecule has 0 aromatic heterocycles. The van der Waals surface area contributed by atoms with Crippen LogP contribution in [0.15, 0.2) is 77.1 Å². The van der Waals surface area contributed by atoms with Crippen molar-refractivity contribution < 1.29 is 28.8 Å². The van der Waals surface area contributed by atoms with Crippen LogP contribution in [0, 0.1) is 10.1 Å². The molecule has 0 saturated heterocycles. The van der Waals surface area contributed by atoms with Crippen LogP contribution in [0.25, 0.3) is 0 Å². The van der Waals surface area contributed by atoms with Crippen LogP contribution in [-0.2, 0) is 19.1 Å². The number of benzene rings is 2. The number of esters is 2. The molecular weight excluding hydrogens is 502 g/mol. The van der Waals surface area contributed by atoms with Crippen molar-refractivity contribution in [3.05, 3.63) is 98.4 Å². The largest absolute Gasteiger partial charge is 0.466 e. The fourth-order valence-electron chi connectivity index (χ4n) is 4.56. The number of likely N-dealkylation sites (N-methyl/N-ethyl adjacent to an activating group) is 1. The highest BCUT2D eigenvalue weighted by Crippen LogP contribution is 2.40. The van der Waals surface area contributed by atoms with Gasteiger partial charge in [-0.2, -0.15) is 0 Å². The van der Waals surface area contributed by atoms with Gasteiger partial charge in [0.15, 0.2) is 5.78 Å². The number of allylic oxidation sites excluding steroid dienone is 2. The first kappa shape index (κ1) is 29.2. The summed E-state index contributed by atoms with van der Waals surface area (Å²) in [5.41, 5.74) is 2.25. The Labute approximate surface area is 227 Å². The smallest absolute Gasteiger partial charge is 0.336 e. The standard InChI is InChI=1S/C29H33N3O7/c1-19-25(28(34)38-4)27(22-12-8-13-23(18-22)32(36)37)26(20(2)30-19)29(35)39-17-16-31(3)15-9-14-24(33)21-10-6-5-7-11-21/h5-8,10-13,18,27,30H,9,14-17H2,1-4H3. The van der Waals surface area contributed by atoms with Crippen LogP contribution < -0.4 is 5.32 Å². The number of ether oxygens (including phenoxy) is 2. The molecule has 0 aliphatic carbocycles. The molecule has 10 nitrogen and oxygen atoms in total. The van der Waals surface area contributed by atoms with E-state index in [1.807, 2.05) is 30.1 Å². The molecule has 1 unspecified atom stereocenters. The van der Waals surface area contributed by atoms with Gasteiger partial charge in [-0.25, -0.2) is 9.59 Å². The Morgan fingerprint density at radius 2 is 1.64 bits per heavy atom. The van der Waals surface area contributed by atoms with Gasteiger partial charge in [-0.3, -0.25) is 14.9 Å². The topological polar surface area (TPSA) is 128 Å². The highest BCUT2D eigenvalue weighted by Gasteiger charge is 2.38. The Balaban J connectivity index is 1.68. The lowest BCUT2D eigenvalue weighted by Gasteiger charge is -2.30. The van der Waals surface area contributed by atoms with Crippen molar-refractivity contribution in [3.63, 3.8) is 0 Å². The van der Waals surface area contributed by atoms with E-state index in [1.165, 1.54) is 25.3 Å². The zero-order chi connectivity index (χ0) is 28.5. The summed E-state index contributed by atoms with van der Waals surface area (Å²) in [4.78, 5) is 51.2. The summed E-state index contributed by atoms with van der Waals surface area (Å²) in [6, 6.07) is 15.0. The van der Waals surface area contributed by atoms with Gasteiger partial charge in [0.1, 0.15) is 6.61 Å². The number of nitrogens with one attached hydrogen (secondary N) is 1. The number of nitro groups is 1. The third kappa shape index (κ3) is 7.38. The zero-order valence-corrected chi connectivity index (χ0v) is 22.6. The van der Waals surface area contributed by atoms with Gasteiger partial charge < -0.3 is 19.7 Å². The van der Waals surface area contributed by atoms with E-state index in [0.717, 1.165) is 0 Å². The van der Waals surface area contributed by atoms with Gasteiger partial charge in [0.05, 0.1) is 29.1 Å². The normalized spacial score (nSPS) is 15.2. The number of Topliss-reactive ketones (excluding diaryl/α,β-unsaturated/α-hetero) is 1. The molecule has 0 bridgehead atoms. The first-order valence-corrected chi connectivity index (χ1v) is 12.6. The number of nitrogens with zero attached hydrogens (tertiary/aromatic N) is 2. The number of hydrogen-bond donors (Lipinski definition) is 1. The Hall–Kier alpha value is -4.31. The lowest BCUT2D eigenvalue weighted by atomic mass is 9.80. The highest BCUT2D eigenvalue weighted by molar-refractivity contribution is 6.00. The summed E-state index contributed by atoms with van der Waals surface area (Å²) in [5, 5.41) is 14.4. The molecule has 206 valence electrons. The molecule has 1 aliphatic heterocycles. The second kappa shape index (κ2) is 13.5. The minimum absolute atomic E-state index is 0.0800. The van der Waals surface area contributed by atoms with Crippen LogP contribution in [0.2, 0.25) is 0 Å². The van der Waals surface area contributed by atoms with Crippen molar-refractivity contribution >= 4 is 23.4 Å². The zero-order valence-electron chi connectivity index (χ0n) is 22.6. The van der Waals surface area contributed by atoms with Crippen molar-refractivity contribution in [2.24, 2.45) is 0 Å². The monoisotopic (exact) mass is 535 g/mol. The number of nitro benzene ring substituents is 1. The SMILES string of the molecule is COC(=O)C1=C(C)NC(C)=C(C(=O)OCCN(C)CCCC(=O)c2ccccc2)C1c1cccc([N+](=O)[O-])c1. The average molecular weight is 536 g/mol. The Morgan fingerprint density at radius 1 is 0.974 bits per heavy atom. The summed E-state index contributed by atoms with van der Waals surface area (Å²) in [5.74, 6) is -2.12. The van der Waals surface area contributed by atoms with E-state index in [4.69, 9.17) is 9.47 Å². The molecular formula is C29H33N3O7. The first-order valence-electron chi connectivity index (χ1n) is 12.6.